The second-order valence-corrected chi connectivity index (χ2v) is 12.1. The van der Waals surface area contributed by atoms with E-state index in [2.05, 4.69) is 26.7 Å². The molecule has 4 heterocycles. The maximum atomic E-state index is 12.4. The summed E-state index contributed by atoms with van der Waals surface area (Å²) >= 11 is 6.06. The van der Waals surface area contributed by atoms with Crippen LogP contribution in [0.25, 0.3) is 33.5 Å². The Hall–Kier alpha value is -6.55. The van der Waals surface area contributed by atoms with Crippen molar-refractivity contribution in [2.24, 2.45) is 5.73 Å². The molecule has 9 nitrogen and oxygen atoms in total. The summed E-state index contributed by atoms with van der Waals surface area (Å²) in [7, 11) is 0. The largest absolute Gasteiger partial charge is 0.326 e. The van der Waals surface area contributed by atoms with Gasteiger partial charge in [-0.2, -0.15) is 0 Å². The highest BCUT2D eigenvalue weighted by Crippen LogP contribution is 2.24. The molecule has 0 radical (unpaired) electrons. The van der Waals surface area contributed by atoms with Crippen LogP contribution < -0.4 is 16.4 Å². The predicted molar refractivity (Wildman–Crippen MR) is 203 cm³/mol. The van der Waals surface area contributed by atoms with Crippen molar-refractivity contribution in [1.29, 1.82) is 0 Å². The van der Waals surface area contributed by atoms with Crippen LogP contribution in [0.2, 0.25) is 5.02 Å². The van der Waals surface area contributed by atoms with Crippen LogP contribution in [0.4, 0.5) is 11.4 Å². The summed E-state index contributed by atoms with van der Waals surface area (Å²) in [6.45, 7) is 0.505. The van der Waals surface area contributed by atoms with E-state index < -0.39 is 0 Å². The van der Waals surface area contributed by atoms with Crippen molar-refractivity contribution in [3.63, 3.8) is 0 Å². The molecule has 0 atom stereocenters. The van der Waals surface area contributed by atoms with Gasteiger partial charge in [-0.05, 0) is 94.5 Å². The lowest BCUT2D eigenvalue weighted by atomic mass is 10.0. The van der Waals surface area contributed by atoms with Gasteiger partial charge in [0.15, 0.2) is 0 Å². The number of imidazole rings is 2. The molecule has 0 fully saturated rings. The summed E-state index contributed by atoms with van der Waals surface area (Å²) in [6.07, 6.45) is 7.37. The third-order valence-corrected chi connectivity index (χ3v) is 8.32. The Morgan fingerprint density at radius 2 is 1.04 bits per heavy atom. The first-order valence-corrected chi connectivity index (χ1v) is 16.6. The van der Waals surface area contributed by atoms with Crippen LogP contribution in [-0.2, 0) is 6.54 Å². The number of hydrogen-bond donors (Lipinski definition) is 3. The van der Waals surface area contributed by atoms with Gasteiger partial charge in [-0.1, -0.05) is 78.3 Å². The highest BCUT2D eigenvalue weighted by atomic mass is 35.5. The number of halogens is 1. The number of hydrogen-bond acceptors (Lipinski definition) is 5. The third kappa shape index (κ3) is 7.86. The average Bonchev–Trinajstić information content (AvgIpc) is 3.80. The zero-order valence-electron chi connectivity index (χ0n) is 27.3. The minimum absolute atomic E-state index is 0.230. The van der Waals surface area contributed by atoms with Crippen LogP contribution in [0, 0.1) is 0 Å². The molecule has 0 bridgehead atoms. The van der Waals surface area contributed by atoms with E-state index in [0.29, 0.717) is 28.6 Å². The first-order valence-electron chi connectivity index (χ1n) is 16.2. The van der Waals surface area contributed by atoms with Crippen molar-refractivity contribution >= 4 is 46.1 Å². The number of amides is 2. The van der Waals surface area contributed by atoms with Gasteiger partial charge in [0.1, 0.15) is 22.7 Å². The molecule has 4 aromatic carbocycles. The van der Waals surface area contributed by atoms with Crippen molar-refractivity contribution in [3.05, 3.63) is 180 Å². The fraction of sp³-hybridized carbons (Fsp3) is 0.0244. The first kappa shape index (κ1) is 33.0. The lowest BCUT2D eigenvalue weighted by Crippen LogP contribution is -2.11. The van der Waals surface area contributed by atoms with Gasteiger partial charge in [-0.15, -0.1) is 0 Å². The number of fused-ring (bicyclic) bond motifs is 2. The molecule has 0 aliphatic rings. The second-order valence-electron chi connectivity index (χ2n) is 11.7. The zero-order chi connectivity index (χ0) is 35.2. The van der Waals surface area contributed by atoms with Gasteiger partial charge in [-0.25, -0.2) is 9.97 Å². The van der Waals surface area contributed by atoms with E-state index in [1.807, 2.05) is 149 Å². The van der Waals surface area contributed by atoms with Crippen LogP contribution in [0.15, 0.2) is 158 Å². The molecule has 0 saturated carbocycles. The van der Waals surface area contributed by atoms with E-state index in [1.54, 1.807) is 12.4 Å². The molecule has 4 N–H and O–H groups in total. The van der Waals surface area contributed by atoms with Gasteiger partial charge < -0.3 is 25.2 Å². The summed E-state index contributed by atoms with van der Waals surface area (Å²) in [5.74, 6) is -0.467. The first-order chi connectivity index (χ1) is 24.9. The van der Waals surface area contributed by atoms with Gasteiger partial charge in [0.25, 0.3) is 11.8 Å². The molecule has 10 heteroatoms. The zero-order valence-corrected chi connectivity index (χ0v) is 28.0. The highest BCUT2D eigenvalue weighted by Gasteiger charge is 2.13. The normalized spacial score (nSPS) is 10.8. The number of pyridine rings is 2. The number of nitrogens with zero attached hydrogens (tertiary/aromatic N) is 4. The highest BCUT2D eigenvalue weighted by molar-refractivity contribution is 6.30. The molecular formula is C41H32ClN7O2. The van der Waals surface area contributed by atoms with Crippen LogP contribution in [-0.4, -0.2) is 30.6 Å². The van der Waals surface area contributed by atoms with Crippen LogP contribution in [0.1, 0.15) is 26.5 Å². The number of carbonyl (C=O) groups is 2. The molecule has 2 amide bonds. The van der Waals surface area contributed by atoms with E-state index >= 15 is 0 Å². The monoisotopic (exact) mass is 689 g/mol. The van der Waals surface area contributed by atoms with Gasteiger partial charge in [0.2, 0.25) is 0 Å². The number of carbonyl (C=O) groups excluding carboxylic acids is 2. The minimum Gasteiger partial charge on any atom is -0.326 e. The van der Waals surface area contributed by atoms with Gasteiger partial charge in [-0.3, -0.25) is 9.59 Å². The molecular weight excluding hydrogens is 658 g/mol. The number of nitrogens with two attached hydrogens (primary N) is 1. The topological polar surface area (TPSA) is 119 Å². The van der Waals surface area contributed by atoms with Crippen molar-refractivity contribution in [3.8, 4) is 22.3 Å². The van der Waals surface area contributed by atoms with E-state index in [-0.39, 0.29) is 11.8 Å². The summed E-state index contributed by atoms with van der Waals surface area (Å²) < 4.78 is 3.71. The van der Waals surface area contributed by atoms with Crippen molar-refractivity contribution in [2.45, 2.75) is 6.54 Å². The Labute approximate surface area is 299 Å². The molecule has 0 aliphatic carbocycles. The fourth-order valence-corrected chi connectivity index (χ4v) is 5.71. The summed E-state index contributed by atoms with van der Waals surface area (Å²) in [5.41, 5.74) is 14.6. The summed E-state index contributed by atoms with van der Waals surface area (Å²) in [4.78, 5) is 33.6. The molecule has 51 heavy (non-hydrogen) atoms. The lowest BCUT2D eigenvalue weighted by Gasteiger charge is -2.04. The molecule has 4 aromatic heterocycles. The van der Waals surface area contributed by atoms with Gasteiger partial charge in [0, 0.05) is 47.7 Å². The van der Waals surface area contributed by atoms with Crippen LogP contribution in [0.5, 0.6) is 0 Å². The van der Waals surface area contributed by atoms with Gasteiger partial charge >= 0.3 is 0 Å². The number of anilines is 2. The number of rotatable bonds is 7. The average molecular weight is 690 g/mol. The van der Waals surface area contributed by atoms with E-state index in [1.165, 1.54) is 0 Å². The molecule has 8 rings (SSSR count). The second kappa shape index (κ2) is 14.9. The number of aromatic nitrogens is 4. The molecule has 0 unspecified atom stereocenters. The number of benzene rings is 4. The number of para-hydroxylation sites is 2. The molecule has 0 spiro atoms. The van der Waals surface area contributed by atoms with Crippen LogP contribution >= 0.6 is 11.6 Å². The Kier molecular flexibility index (Phi) is 9.64. The summed E-state index contributed by atoms with van der Waals surface area (Å²) in [5, 5.41) is 6.38. The maximum absolute atomic E-state index is 12.4. The third-order valence-electron chi connectivity index (χ3n) is 8.08. The van der Waals surface area contributed by atoms with Crippen molar-refractivity contribution in [1.82, 2.24) is 18.8 Å². The molecule has 0 aliphatic heterocycles. The van der Waals surface area contributed by atoms with Gasteiger partial charge in [0.05, 0.1) is 0 Å². The Bertz CT molecular complexity index is 2480. The maximum Gasteiger partial charge on any atom is 0.275 e. The quantitative estimate of drug-likeness (QED) is 0.155. The molecule has 250 valence electrons. The van der Waals surface area contributed by atoms with Crippen LogP contribution in [0.3, 0.4) is 0 Å². The number of nitrogens with one attached hydrogen (secondary N) is 2. The predicted octanol–water partition coefficient (Wildman–Crippen LogP) is 8.62. The molecule has 0 saturated heterocycles. The minimum atomic E-state index is -0.237. The Balaban J connectivity index is 0.000000159. The van der Waals surface area contributed by atoms with E-state index in [9.17, 15) is 9.59 Å². The standard InChI is InChI=1S/C21H18N4O.C20H14ClN3O/c22-12-15-5-4-6-16(11-15)17-9-10-20-24-19(14-25(20)13-17)21(26)23-18-7-2-1-3-8-18;21-16-6-4-5-14(11-16)15-9-10-19-23-18(13-24(19)12-15)20(25)22-17-7-2-1-3-8-17/h1-11,13-14H,12,22H2,(H,23,26);1-13H,(H,22,25). The SMILES string of the molecule is NCc1cccc(-c2ccc3nc(C(=O)Nc4ccccc4)cn3c2)c1.O=C(Nc1ccccc1)c1cn2cc(-c3cccc(Cl)c3)ccc2n1. The fourth-order valence-electron chi connectivity index (χ4n) is 5.52. The molecule has 8 aromatic rings. The smallest absolute Gasteiger partial charge is 0.275 e. The van der Waals surface area contributed by atoms with Crippen molar-refractivity contribution in [2.75, 3.05) is 10.6 Å². The lowest BCUT2D eigenvalue weighted by molar-refractivity contribution is 0.101. The van der Waals surface area contributed by atoms with E-state index in [0.717, 1.165) is 44.8 Å². The Morgan fingerprint density at radius 1 is 0.549 bits per heavy atom. The van der Waals surface area contributed by atoms with E-state index in [4.69, 9.17) is 17.3 Å². The van der Waals surface area contributed by atoms with Crippen molar-refractivity contribution < 1.29 is 9.59 Å². The summed E-state index contributed by atoms with van der Waals surface area (Å²) in [6, 6.07) is 42.2. The Morgan fingerprint density at radius 3 is 1.53 bits per heavy atom.